The normalized spacial score (nSPS) is 11.0. The van der Waals surface area contributed by atoms with Gasteiger partial charge in [-0.25, -0.2) is 9.73 Å². The zero-order valence-corrected chi connectivity index (χ0v) is 23.6. The van der Waals surface area contributed by atoms with Crippen molar-refractivity contribution in [2.75, 3.05) is 0 Å². The van der Waals surface area contributed by atoms with Gasteiger partial charge in [-0.05, 0) is 18.6 Å². The Morgan fingerprint density at radius 3 is 1.51 bits per heavy atom. The molecule has 0 aliphatic carbocycles. The summed E-state index contributed by atoms with van der Waals surface area (Å²) in [5, 5.41) is 14.0. The minimum atomic E-state index is -2.63. The van der Waals surface area contributed by atoms with Gasteiger partial charge in [0.2, 0.25) is 0 Å². The topological polar surface area (TPSA) is 49.0 Å². The molecule has 0 fully saturated rings. The molecule has 0 atom stereocenters. The maximum Gasteiger partial charge on any atom is 0.170 e. The van der Waals surface area contributed by atoms with Crippen LogP contribution in [0.5, 0.6) is 0 Å². The van der Waals surface area contributed by atoms with Crippen LogP contribution in [0.15, 0.2) is 156 Å². The third-order valence-electron chi connectivity index (χ3n) is 7.18. The minimum absolute atomic E-state index is 0.453. The lowest BCUT2D eigenvalue weighted by Gasteiger charge is -2.27. The van der Waals surface area contributed by atoms with Crippen molar-refractivity contribution >= 4 is 28.8 Å². The molecule has 6 aromatic rings. The second-order valence-corrected chi connectivity index (χ2v) is 12.9. The van der Waals surface area contributed by atoms with E-state index in [1.54, 1.807) is 0 Å². The lowest BCUT2D eigenvalue weighted by atomic mass is 9.98. The highest BCUT2D eigenvalue weighted by Crippen LogP contribution is 2.50. The van der Waals surface area contributed by atoms with Gasteiger partial charge in [0, 0.05) is 27.0 Å². The van der Waals surface area contributed by atoms with E-state index in [9.17, 15) is 5.26 Å². The Hall–Kier alpha value is -5.03. The van der Waals surface area contributed by atoms with Gasteiger partial charge in [0.1, 0.15) is 11.6 Å². The summed E-state index contributed by atoms with van der Waals surface area (Å²) in [5.74, 6) is 0.453. The van der Waals surface area contributed by atoms with E-state index in [4.69, 9.17) is 9.73 Å². The Balaban J connectivity index is 1.77. The first-order valence-electron chi connectivity index (χ1n) is 13.6. The molecule has 0 saturated heterocycles. The molecule has 0 N–H and O–H groups in total. The van der Waals surface area contributed by atoms with Crippen LogP contribution in [-0.4, -0.2) is 4.98 Å². The van der Waals surface area contributed by atoms with Gasteiger partial charge < -0.3 is 0 Å². The fourth-order valence-electron chi connectivity index (χ4n) is 5.13. The number of hydrogen-bond donors (Lipinski definition) is 0. The molecule has 4 heteroatoms. The fourth-order valence-corrected chi connectivity index (χ4v) is 8.61. The minimum Gasteiger partial charge on any atom is -0.233 e. The van der Waals surface area contributed by atoms with Crippen LogP contribution in [0.25, 0.3) is 22.4 Å². The fraction of sp³-hybridized carbons (Fsp3) is 0.0270. The van der Waals surface area contributed by atoms with Gasteiger partial charge in [-0.15, -0.1) is 0 Å². The molecule has 5 aromatic carbocycles. The smallest absolute Gasteiger partial charge is 0.170 e. The average molecular weight is 546 g/mol. The van der Waals surface area contributed by atoms with E-state index in [1.807, 2.05) is 54.6 Å². The van der Waals surface area contributed by atoms with E-state index in [0.29, 0.717) is 11.4 Å². The van der Waals surface area contributed by atoms with Crippen molar-refractivity contribution in [3.8, 4) is 28.5 Å². The molecule has 0 aliphatic heterocycles. The molecule has 3 nitrogen and oxygen atoms in total. The molecule has 196 valence electrons. The summed E-state index contributed by atoms with van der Waals surface area (Å²) < 4.78 is 5.64. The zero-order chi connectivity index (χ0) is 28.1. The van der Waals surface area contributed by atoms with Crippen molar-refractivity contribution in [3.63, 3.8) is 0 Å². The van der Waals surface area contributed by atoms with Crippen molar-refractivity contribution < 1.29 is 0 Å². The highest BCUT2D eigenvalue weighted by molar-refractivity contribution is 7.87. The first-order chi connectivity index (χ1) is 20.2. The molecule has 41 heavy (non-hydrogen) atoms. The molecule has 0 spiro atoms. The van der Waals surface area contributed by atoms with Gasteiger partial charge in [-0.1, -0.05) is 151 Å². The van der Waals surface area contributed by atoms with E-state index in [1.165, 1.54) is 0 Å². The maximum atomic E-state index is 10.6. The molecule has 0 radical (unpaired) electrons. The summed E-state index contributed by atoms with van der Waals surface area (Å²) in [5.41, 5.74) is 5.19. The van der Waals surface area contributed by atoms with Gasteiger partial charge in [0.15, 0.2) is 5.82 Å². The largest absolute Gasteiger partial charge is 0.233 e. The number of rotatable bonds is 6. The molecular weight excluding hydrogens is 517 g/mol. The Morgan fingerprint density at radius 1 is 0.585 bits per heavy atom. The Kier molecular flexibility index (Phi) is 7.42. The highest BCUT2D eigenvalue weighted by Gasteiger charge is 2.29. The lowest BCUT2D eigenvalue weighted by molar-refractivity contribution is 1.26. The van der Waals surface area contributed by atoms with E-state index in [0.717, 1.165) is 43.9 Å². The summed E-state index contributed by atoms with van der Waals surface area (Å²) in [4.78, 5) is 5.12. The SMILES string of the molecule is Cc1ccc(-c2cc(-c3ccccc3)nc(N=P(c3ccccc3)(c3ccccc3)c3ccccc3)c2C#N)cc1. The number of nitriles is 1. The average Bonchev–Trinajstić information content (AvgIpc) is 3.05. The Bertz CT molecular complexity index is 1770. The molecule has 0 bridgehead atoms. The summed E-state index contributed by atoms with van der Waals surface area (Å²) in [6.07, 6.45) is 0. The quantitative estimate of drug-likeness (QED) is 0.197. The van der Waals surface area contributed by atoms with E-state index in [-0.39, 0.29) is 0 Å². The molecule has 0 unspecified atom stereocenters. The lowest BCUT2D eigenvalue weighted by Crippen LogP contribution is -2.25. The highest BCUT2D eigenvalue weighted by atomic mass is 31.2. The van der Waals surface area contributed by atoms with Crippen molar-refractivity contribution in [3.05, 3.63) is 163 Å². The number of benzene rings is 5. The summed E-state index contributed by atoms with van der Waals surface area (Å²) >= 11 is 0. The number of aryl methyl sites for hydroxylation is 1. The molecule has 1 heterocycles. The Morgan fingerprint density at radius 2 is 1.05 bits per heavy atom. The maximum absolute atomic E-state index is 10.6. The predicted molar refractivity (Wildman–Crippen MR) is 172 cm³/mol. The summed E-state index contributed by atoms with van der Waals surface area (Å²) in [6, 6.07) is 54.2. The third kappa shape index (κ3) is 5.14. The number of hydrogen-bond acceptors (Lipinski definition) is 3. The third-order valence-corrected chi connectivity index (χ3v) is 10.8. The first-order valence-corrected chi connectivity index (χ1v) is 15.3. The van der Waals surface area contributed by atoms with Gasteiger partial charge in [-0.3, -0.25) is 0 Å². The summed E-state index contributed by atoms with van der Waals surface area (Å²) in [6.45, 7) is 2.07. The number of aromatic nitrogens is 1. The standard InChI is InChI=1S/C37H28N3P/c1-28-22-24-29(25-23-28)34-26-36(30-14-6-2-7-15-30)39-37(35(34)27-38)40-41(31-16-8-3-9-17-31,32-18-10-4-11-19-32)33-20-12-5-13-21-33/h2-26H,1H3. The van der Waals surface area contributed by atoms with E-state index < -0.39 is 7.05 Å². The van der Waals surface area contributed by atoms with Crippen molar-refractivity contribution in [1.29, 1.82) is 5.26 Å². The molecule has 1 aromatic heterocycles. The van der Waals surface area contributed by atoms with Crippen LogP contribution in [0, 0.1) is 18.3 Å². The second-order valence-electron chi connectivity index (χ2n) is 9.84. The molecule has 0 aliphatic rings. The number of pyridine rings is 1. The first kappa shape index (κ1) is 26.2. The summed E-state index contributed by atoms with van der Waals surface area (Å²) in [7, 11) is -2.63. The molecule has 6 rings (SSSR count). The van der Waals surface area contributed by atoms with Crippen LogP contribution in [0.2, 0.25) is 0 Å². The van der Waals surface area contributed by atoms with Crippen molar-refractivity contribution in [2.24, 2.45) is 4.74 Å². The van der Waals surface area contributed by atoms with Gasteiger partial charge in [0.25, 0.3) is 0 Å². The zero-order valence-electron chi connectivity index (χ0n) is 22.7. The van der Waals surface area contributed by atoms with Crippen LogP contribution in [-0.2, 0) is 0 Å². The second kappa shape index (κ2) is 11.6. The van der Waals surface area contributed by atoms with Gasteiger partial charge >= 0.3 is 0 Å². The predicted octanol–water partition coefficient (Wildman–Crippen LogP) is 8.40. The van der Waals surface area contributed by atoms with Crippen LogP contribution in [0.4, 0.5) is 5.82 Å². The Labute approximate surface area is 241 Å². The molecular formula is C37H28N3P. The van der Waals surface area contributed by atoms with Gasteiger partial charge in [-0.2, -0.15) is 5.26 Å². The van der Waals surface area contributed by atoms with E-state index in [2.05, 4.69) is 110 Å². The van der Waals surface area contributed by atoms with Crippen molar-refractivity contribution in [1.82, 2.24) is 4.98 Å². The van der Waals surface area contributed by atoms with Crippen LogP contribution in [0.3, 0.4) is 0 Å². The monoisotopic (exact) mass is 545 g/mol. The van der Waals surface area contributed by atoms with Gasteiger partial charge in [0.05, 0.1) is 12.7 Å². The van der Waals surface area contributed by atoms with Crippen molar-refractivity contribution in [2.45, 2.75) is 6.92 Å². The molecule has 0 saturated carbocycles. The van der Waals surface area contributed by atoms with Crippen LogP contribution in [0.1, 0.15) is 11.1 Å². The van der Waals surface area contributed by atoms with E-state index >= 15 is 0 Å². The van der Waals surface area contributed by atoms with Crippen LogP contribution < -0.4 is 15.9 Å². The number of nitrogens with zero attached hydrogens (tertiary/aromatic N) is 3. The van der Waals surface area contributed by atoms with Crippen LogP contribution >= 0.6 is 7.05 Å². The molecule has 0 amide bonds.